The minimum atomic E-state index is 0.00745. The lowest BCUT2D eigenvalue weighted by molar-refractivity contribution is 0.406. The van der Waals surface area contributed by atoms with Crippen LogP contribution in [0.3, 0.4) is 0 Å². The molecule has 12 heavy (non-hydrogen) atoms. The van der Waals surface area contributed by atoms with Gasteiger partial charge in [0.05, 0.1) is 7.11 Å². The number of hydrogen-bond acceptors (Lipinski definition) is 2. The molecule has 2 N–H and O–H groups in total. The van der Waals surface area contributed by atoms with Crippen molar-refractivity contribution >= 4 is 15.9 Å². The Kier molecular flexibility index (Phi) is 3.12. The molecule has 0 heterocycles. The minimum Gasteiger partial charge on any atom is -0.496 e. The molecule has 0 aliphatic carbocycles. The molecule has 66 valence electrons. The second kappa shape index (κ2) is 3.92. The molecule has 0 spiro atoms. The molecule has 0 saturated heterocycles. The van der Waals surface area contributed by atoms with Crippen molar-refractivity contribution in [3.8, 4) is 5.75 Å². The monoisotopic (exact) mass is 229 g/mol. The van der Waals surface area contributed by atoms with E-state index in [0.29, 0.717) is 0 Å². The Bertz CT molecular complexity index is 273. The van der Waals surface area contributed by atoms with Crippen molar-refractivity contribution in [1.82, 2.24) is 0 Å². The van der Waals surface area contributed by atoms with E-state index in [9.17, 15) is 0 Å². The smallest absolute Gasteiger partial charge is 0.124 e. The van der Waals surface area contributed by atoms with Gasteiger partial charge < -0.3 is 10.5 Å². The number of ether oxygens (including phenoxy) is 1. The summed E-state index contributed by atoms with van der Waals surface area (Å²) < 4.78 is 6.18. The van der Waals surface area contributed by atoms with E-state index in [2.05, 4.69) is 15.9 Å². The maximum atomic E-state index is 5.74. The molecule has 0 amide bonds. The van der Waals surface area contributed by atoms with Gasteiger partial charge >= 0.3 is 0 Å². The summed E-state index contributed by atoms with van der Waals surface area (Å²) in [6, 6.07) is 5.85. The van der Waals surface area contributed by atoms with E-state index in [0.717, 1.165) is 15.8 Å². The van der Waals surface area contributed by atoms with Gasteiger partial charge in [-0.25, -0.2) is 0 Å². The highest BCUT2D eigenvalue weighted by Gasteiger charge is 2.06. The first-order valence-electron chi connectivity index (χ1n) is 3.74. The van der Waals surface area contributed by atoms with E-state index in [4.69, 9.17) is 10.5 Å². The number of hydrogen-bond donors (Lipinski definition) is 1. The maximum absolute atomic E-state index is 5.74. The van der Waals surface area contributed by atoms with Crippen LogP contribution in [0, 0.1) is 0 Å². The number of rotatable bonds is 2. The number of halogens is 1. The first-order valence-corrected chi connectivity index (χ1v) is 4.53. The molecule has 1 unspecified atom stereocenters. The SMILES string of the molecule is COc1cc(Br)ccc1C(C)N. The zero-order chi connectivity index (χ0) is 9.14. The Morgan fingerprint density at radius 2 is 2.17 bits per heavy atom. The number of methoxy groups -OCH3 is 1. The molecule has 1 atom stereocenters. The second-order valence-corrected chi connectivity index (χ2v) is 3.59. The Labute approximate surface area is 80.8 Å². The van der Waals surface area contributed by atoms with E-state index in [-0.39, 0.29) is 6.04 Å². The van der Waals surface area contributed by atoms with Gasteiger partial charge in [-0.3, -0.25) is 0 Å². The average molecular weight is 230 g/mol. The predicted octanol–water partition coefficient (Wildman–Crippen LogP) is 2.48. The van der Waals surface area contributed by atoms with Crippen LogP contribution in [-0.4, -0.2) is 7.11 Å². The minimum absolute atomic E-state index is 0.00745. The van der Waals surface area contributed by atoms with Crippen molar-refractivity contribution in [2.75, 3.05) is 7.11 Å². The lowest BCUT2D eigenvalue weighted by atomic mass is 10.1. The standard InChI is InChI=1S/C9H12BrNO/c1-6(11)8-4-3-7(10)5-9(8)12-2/h3-6H,11H2,1-2H3. The van der Waals surface area contributed by atoms with Crippen LogP contribution in [0.1, 0.15) is 18.5 Å². The third kappa shape index (κ3) is 1.99. The van der Waals surface area contributed by atoms with Gasteiger partial charge in [-0.2, -0.15) is 0 Å². The lowest BCUT2D eigenvalue weighted by Crippen LogP contribution is -2.06. The summed E-state index contributed by atoms with van der Waals surface area (Å²) in [4.78, 5) is 0. The van der Waals surface area contributed by atoms with Gasteiger partial charge in [0.25, 0.3) is 0 Å². The zero-order valence-corrected chi connectivity index (χ0v) is 8.76. The summed E-state index contributed by atoms with van der Waals surface area (Å²) in [5.74, 6) is 0.833. The first kappa shape index (κ1) is 9.55. The molecule has 1 aromatic carbocycles. The molecule has 2 nitrogen and oxygen atoms in total. The molecule has 0 saturated carbocycles. The third-order valence-electron chi connectivity index (χ3n) is 1.69. The van der Waals surface area contributed by atoms with Crippen molar-refractivity contribution < 1.29 is 4.74 Å². The average Bonchev–Trinajstić information content (AvgIpc) is 2.03. The molecule has 0 aliphatic heterocycles. The number of benzene rings is 1. The van der Waals surface area contributed by atoms with Crippen LogP contribution in [0.2, 0.25) is 0 Å². The van der Waals surface area contributed by atoms with Gasteiger partial charge in [0.1, 0.15) is 5.75 Å². The molecule has 0 aromatic heterocycles. The maximum Gasteiger partial charge on any atom is 0.124 e. The Hall–Kier alpha value is -0.540. The summed E-state index contributed by atoms with van der Waals surface area (Å²) in [5.41, 5.74) is 6.77. The van der Waals surface area contributed by atoms with Crippen molar-refractivity contribution in [2.24, 2.45) is 5.73 Å². The molecule has 0 radical (unpaired) electrons. The van der Waals surface area contributed by atoms with Gasteiger partial charge in [0, 0.05) is 16.1 Å². The molecule has 0 fully saturated rings. The Morgan fingerprint density at radius 1 is 1.50 bits per heavy atom. The fraction of sp³-hybridized carbons (Fsp3) is 0.333. The van der Waals surface area contributed by atoms with E-state index in [1.807, 2.05) is 25.1 Å². The van der Waals surface area contributed by atoms with Gasteiger partial charge in [0.2, 0.25) is 0 Å². The first-order chi connectivity index (χ1) is 5.65. The lowest BCUT2D eigenvalue weighted by Gasteiger charge is -2.11. The molecule has 3 heteroatoms. The van der Waals surface area contributed by atoms with Gasteiger partial charge in [-0.05, 0) is 19.1 Å². The molecule has 0 aliphatic rings. The molecule has 1 rings (SSSR count). The van der Waals surface area contributed by atoms with Gasteiger partial charge in [0.15, 0.2) is 0 Å². The fourth-order valence-electron chi connectivity index (χ4n) is 1.06. The van der Waals surface area contributed by atoms with E-state index < -0.39 is 0 Å². The zero-order valence-electron chi connectivity index (χ0n) is 7.17. The highest BCUT2D eigenvalue weighted by atomic mass is 79.9. The van der Waals surface area contributed by atoms with Gasteiger partial charge in [-0.1, -0.05) is 22.0 Å². The van der Waals surface area contributed by atoms with Crippen LogP contribution in [0.5, 0.6) is 5.75 Å². The predicted molar refractivity (Wildman–Crippen MR) is 53.3 cm³/mol. The third-order valence-corrected chi connectivity index (χ3v) is 2.18. The van der Waals surface area contributed by atoms with Crippen LogP contribution < -0.4 is 10.5 Å². The van der Waals surface area contributed by atoms with Crippen molar-refractivity contribution in [3.63, 3.8) is 0 Å². The normalized spacial score (nSPS) is 12.7. The summed E-state index contributed by atoms with van der Waals surface area (Å²) in [6.45, 7) is 1.94. The van der Waals surface area contributed by atoms with Crippen LogP contribution in [-0.2, 0) is 0 Å². The van der Waals surface area contributed by atoms with E-state index in [1.165, 1.54) is 0 Å². The second-order valence-electron chi connectivity index (χ2n) is 2.67. The highest BCUT2D eigenvalue weighted by Crippen LogP contribution is 2.26. The largest absolute Gasteiger partial charge is 0.496 e. The van der Waals surface area contributed by atoms with Gasteiger partial charge in [-0.15, -0.1) is 0 Å². The molecular formula is C9H12BrNO. The summed E-state index contributed by atoms with van der Waals surface area (Å²) in [6.07, 6.45) is 0. The number of nitrogens with two attached hydrogens (primary N) is 1. The van der Waals surface area contributed by atoms with Crippen molar-refractivity contribution in [3.05, 3.63) is 28.2 Å². The Balaban J connectivity index is 3.11. The summed E-state index contributed by atoms with van der Waals surface area (Å²) in [7, 11) is 1.65. The molecule has 1 aromatic rings. The topological polar surface area (TPSA) is 35.2 Å². The van der Waals surface area contributed by atoms with Crippen molar-refractivity contribution in [2.45, 2.75) is 13.0 Å². The summed E-state index contributed by atoms with van der Waals surface area (Å²) >= 11 is 3.37. The van der Waals surface area contributed by atoms with E-state index in [1.54, 1.807) is 7.11 Å². The highest BCUT2D eigenvalue weighted by molar-refractivity contribution is 9.10. The fourth-order valence-corrected chi connectivity index (χ4v) is 1.40. The van der Waals surface area contributed by atoms with Crippen LogP contribution >= 0.6 is 15.9 Å². The van der Waals surface area contributed by atoms with E-state index >= 15 is 0 Å². The molecular weight excluding hydrogens is 218 g/mol. The van der Waals surface area contributed by atoms with Crippen LogP contribution in [0.4, 0.5) is 0 Å². The summed E-state index contributed by atoms with van der Waals surface area (Å²) in [5, 5.41) is 0. The molecule has 0 bridgehead atoms. The van der Waals surface area contributed by atoms with Crippen LogP contribution in [0.25, 0.3) is 0 Å². The van der Waals surface area contributed by atoms with Crippen molar-refractivity contribution in [1.29, 1.82) is 0 Å². The quantitative estimate of drug-likeness (QED) is 0.846. The van der Waals surface area contributed by atoms with Crippen LogP contribution in [0.15, 0.2) is 22.7 Å². The Morgan fingerprint density at radius 3 is 2.67 bits per heavy atom.